The number of phenols is 3. The average molecular weight is 728 g/mol. The molecule has 3 heterocycles. The molecule has 1 amide bonds. The number of ketones is 1. The fraction of sp³-hybridized carbons (Fsp3) is 0.500. The van der Waals surface area contributed by atoms with Gasteiger partial charge in [0.2, 0.25) is 0 Å². The number of phenolic OH excluding ortho intramolecular Hbond substituents is 2. The van der Waals surface area contributed by atoms with Gasteiger partial charge in [-0.2, -0.15) is 0 Å². The fourth-order valence-electron chi connectivity index (χ4n) is 6.94. The number of carbonyl (C=O) groups is 3. The molecule has 0 saturated heterocycles. The maximum absolute atomic E-state index is 14.1. The normalized spacial score (nSPS) is 32.4. The van der Waals surface area contributed by atoms with Gasteiger partial charge in [0.05, 0.1) is 47.8 Å². The van der Waals surface area contributed by atoms with Crippen LogP contribution < -0.4 is 10.1 Å². The molecule has 5 rings (SSSR count). The van der Waals surface area contributed by atoms with E-state index in [0.717, 1.165) is 6.26 Å². The summed E-state index contributed by atoms with van der Waals surface area (Å²) in [5.41, 5.74) is -0.812. The second-order valence-electron chi connectivity index (χ2n) is 13.8. The summed E-state index contributed by atoms with van der Waals surface area (Å²) in [5.74, 6) is -8.78. The number of ether oxygens (including phenoxy) is 4. The number of allylic oxidation sites excluding steroid dienone is 2. The maximum atomic E-state index is 14.1. The van der Waals surface area contributed by atoms with Crippen LogP contribution in [0.25, 0.3) is 10.8 Å². The van der Waals surface area contributed by atoms with Crippen molar-refractivity contribution < 1.29 is 64.0 Å². The van der Waals surface area contributed by atoms with Crippen molar-refractivity contribution in [2.45, 2.75) is 92.2 Å². The largest absolute Gasteiger partial charge is 0.507 e. The number of nitrogens with one attached hydrogen (secondary N) is 1. The highest BCUT2D eigenvalue weighted by Gasteiger charge is 2.50. The third kappa shape index (κ3) is 7.20. The summed E-state index contributed by atoms with van der Waals surface area (Å²) in [6.45, 7) is 11.4. The van der Waals surface area contributed by atoms with Gasteiger partial charge in [0.1, 0.15) is 23.4 Å². The van der Waals surface area contributed by atoms with Gasteiger partial charge in [-0.05, 0) is 19.9 Å². The molecule has 0 radical (unpaired) electrons. The molecule has 5 bridgehead atoms. The third-order valence-electron chi connectivity index (χ3n) is 10.3. The summed E-state index contributed by atoms with van der Waals surface area (Å²) < 4.78 is 23.2. The van der Waals surface area contributed by atoms with Gasteiger partial charge in [-0.1, -0.05) is 45.9 Å². The van der Waals surface area contributed by atoms with E-state index < -0.39 is 95.4 Å². The topological polar surface area (TPSA) is 222 Å². The van der Waals surface area contributed by atoms with Crippen LogP contribution in [0, 0.1) is 30.6 Å². The highest BCUT2D eigenvalue weighted by molar-refractivity contribution is 6.22. The van der Waals surface area contributed by atoms with Gasteiger partial charge in [0.25, 0.3) is 11.7 Å². The zero-order chi connectivity index (χ0) is 39.0. The monoisotopic (exact) mass is 727 g/mol. The Morgan fingerprint density at radius 1 is 0.942 bits per heavy atom. The van der Waals surface area contributed by atoms with E-state index in [1.165, 1.54) is 53.0 Å². The van der Waals surface area contributed by atoms with Crippen molar-refractivity contribution >= 4 is 34.1 Å². The number of hydrogen-bond donors (Lipinski definition) is 7. The predicted octanol–water partition coefficient (Wildman–Crippen LogP) is 4.25. The molecule has 0 aliphatic carbocycles. The molecule has 3 aliphatic heterocycles. The van der Waals surface area contributed by atoms with Crippen LogP contribution in [-0.2, 0) is 30.4 Å². The van der Waals surface area contributed by atoms with E-state index in [2.05, 4.69) is 5.32 Å². The maximum Gasteiger partial charge on any atom is 0.312 e. The number of aliphatic hydroxyl groups excluding tert-OH is 3. The highest BCUT2D eigenvalue weighted by Crippen LogP contribution is 2.55. The fourth-order valence-corrected chi connectivity index (χ4v) is 6.94. The van der Waals surface area contributed by atoms with Gasteiger partial charge >= 0.3 is 11.8 Å². The minimum absolute atomic E-state index is 0.0216. The SMILES string of the molecule is CO[C@H]1/C=C/O[C@@]2(C)Oc3c(C)c(O)c4c(O)c(c(CO)c(O)c4c3C2=O)NC(=O)/C(C)=C\C=C\[C@@H](C)[C@H](O)[C@@H](C)[C@@H](O)[C@@H](C)[C@H](OC(C)=O)[C@@H]1C. The lowest BCUT2D eigenvalue weighted by atomic mass is 9.78. The van der Waals surface area contributed by atoms with Crippen LogP contribution in [0.3, 0.4) is 0 Å². The molecule has 9 atom stereocenters. The third-order valence-corrected chi connectivity index (χ3v) is 10.3. The molecular weight excluding hydrogens is 678 g/mol. The lowest BCUT2D eigenvalue weighted by Crippen LogP contribution is -2.46. The Kier molecular flexibility index (Phi) is 12.0. The molecule has 7 N–H and O–H groups in total. The van der Waals surface area contributed by atoms with Crippen molar-refractivity contribution in [1.29, 1.82) is 0 Å². The number of benzene rings is 2. The lowest BCUT2D eigenvalue weighted by Gasteiger charge is -2.38. The molecule has 14 nitrogen and oxygen atoms in total. The van der Waals surface area contributed by atoms with Crippen molar-refractivity contribution in [2.24, 2.45) is 23.7 Å². The van der Waals surface area contributed by atoms with E-state index in [0.29, 0.717) is 0 Å². The van der Waals surface area contributed by atoms with E-state index in [4.69, 9.17) is 18.9 Å². The molecule has 0 saturated carbocycles. The molecule has 0 spiro atoms. The first kappa shape index (κ1) is 40.1. The van der Waals surface area contributed by atoms with E-state index in [-0.39, 0.29) is 44.5 Å². The molecule has 2 aromatic carbocycles. The van der Waals surface area contributed by atoms with E-state index >= 15 is 0 Å². The Balaban J connectivity index is 1.93. The minimum Gasteiger partial charge on any atom is -0.507 e. The molecule has 0 unspecified atom stereocenters. The van der Waals surface area contributed by atoms with Gasteiger partial charge < -0.3 is 54.9 Å². The summed E-state index contributed by atoms with van der Waals surface area (Å²) >= 11 is 0. The Labute approximate surface area is 302 Å². The summed E-state index contributed by atoms with van der Waals surface area (Å²) in [7, 11) is 1.42. The molecule has 14 heteroatoms. The van der Waals surface area contributed by atoms with Crippen molar-refractivity contribution in [3.05, 3.63) is 52.8 Å². The van der Waals surface area contributed by atoms with E-state index in [1.54, 1.807) is 33.8 Å². The number of Topliss-reactive ketones (excluding diaryl/α,β-unsaturated/α-hetero) is 1. The number of hydrogen-bond acceptors (Lipinski definition) is 13. The van der Waals surface area contributed by atoms with Crippen LogP contribution in [0.1, 0.15) is 70.0 Å². The Bertz CT molecular complexity index is 1830. The first-order chi connectivity index (χ1) is 24.3. The van der Waals surface area contributed by atoms with Crippen LogP contribution in [0.2, 0.25) is 0 Å². The molecular formula is C38H49NO13. The van der Waals surface area contributed by atoms with Crippen molar-refractivity contribution in [3.63, 3.8) is 0 Å². The number of anilines is 1. The number of carbonyl (C=O) groups excluding carboxylic acids is 3. The molecule has 284 valence electrons. The van der Waals surface area contributed by atoms with Gasteiger partial charge in [0, 0.05) is 66.7 Å². The Morgan fingerprint density at radius 3 is 2.19 bits per heavy atom. The summed E-state index contributed by atoms with van der Waals surface area (Å²) in [6.07, 6.45) is 3.35. The lowest BCUT2D eigenvalue weighted by molar-refractivity contribution is -0.160. The van der Waals surface area contributed by atoms with Gasteiger partial charge in [0.15, 0.2) is 5.75 Å². The number of aromatic hydroxyl groups is 3. The standard InChI is InChI=1S/C38H49NO13/c1-16-11-10-12-17(2)37(48)39-28-23(15-40)32(45)25-26(33(28)46)31(44)21(6)35-27(25)36(47)38(8,52-35)50-14-13-24(49-9)18(3)34(51-22(7)41)20(5)30(43)19(4)29(16)42/h10-14,16,18-20,24,29-30,34,40,42-46H,15H2,1-9H3,(H,39,48)/b11-10+,14-13+,17-12-/t16-,18-,19-,20-,24+,29+,30-,34-,38+/m1/s1. The number of esters is 1. The second-order valence-corrected chi connectivity index (χ2v) is 13.8. The molecule has 52 heavy (non-hydrogen) atoms. The smallest absolute Gasteiger partial charge is 0.312 e. The van der Waals surface area contributed by atoms with Crippen LogP contribution in [-0.4, -0.2) is 85.6 Å². The number of methoxy groups -OCH3 is 1. The second kappa shape index (κ2) is 15.5. The number of rotatable bonds is 3. The van der Waals surface area contributed by atoms with Gasteiger partial charge in [-0.15, -0.1) is 0 Å². The summed E-state index contributed by atoms with van der Waals surface area (Å²) in [4.78, 5) is 39.6. The van der Waals surface area contributed by atoms with Crippen molar-refractivity contribution in [2.75, 3.05) is 12.4 Å². The van der Waals surface area contributed by atoms with E-state index in [1.807, 2.05) is 0 Å². The predicted molar refractivity (Wildman–Crippen MR) is 190 cm³/mol. The summed E-state index contributed by atoms with van der Waals surface area (Å²) in [6, 6.07) is 0. The van der Waals surface area contributed by atoms with Crippen LogP contribution in [0.5, 0.6) is 23.0 Å². The first-order valence-corrected chi connectivity index (χ1v) is 17.0. The first-order valence-electron chi connectivity index (χ1n) is 17.0. The Hall–Kier alpha value is -4.63. The molecule has 3 aliphatic rings. The molecule has 0 aromatic heterocycles. The minimum atomic E-state index is -2.05. The van der Waals surface area contributed by atoms with E-state index in [9.17, 15) is 45.0 Å². The van der Waals surface area contributed by atoms with Crippen LogP contribution in [0.15, 0.2) is 36.1 Å². The number of amides is 1. The van der Waals surface area contributed by atoms with Crippen molar-refractivity contribution in [3.8, 4) is 23.0 Å². The molecule has 0 fully saturated rings. The van der Waals surface area contributed by atoms with Crippen LogP contribution in [0.4, 0.5) is 5.69 Å². The zero-order valence-corrected chi connectivity index (χ0v) is 30.8. The van der Waals surface area contributed by atoms with Gasteiger partial charge in [-0.25, -0.2) is 0 Å². The quantitative estimate of drug-likeness (QED) is 0.134. The Morgan fingerprint density at radius 2 is 1.60 bits per heavy atom. The van der Waals surface area contributed by atoms with Crippen LogP contribution >= 0.6 is 0 Å². The number of fused-ring (bicyclic) bond motifs is 14. The van der Waals surface area contributed by atoms with Crippen molar-refractivity contribution in [1.82, 2.24) is 0 Å². The molecule has 2 aromatic rings. The average Bonchev–Trinajstić information content (AvgIpc) is 3.36. The summed E-state index contributed by atoms with van der Waals surface area (Å²) in [5, 5.41) is 68.9. The van der Waals surface area contributed by atoms with Gasteiger partial charge in [-0.3, -0.25) is 14.4 Å². The zero-order valence-electron chi connectivity index (χ0n) is 30.8. The highest BCUT2D eigenvalue weighted by atomic mass is 16.7. The number of aliphatic hydroxyl groups is 3.